The van der Waals surface area contributed by atoms with Gasteiger partial charge >= 0.3 is 5.97 Å². The Morgan fingerprint density at radius 3 is 2.77 bits per heavy atom. The molecule has 4 aromatic rings. The number of aromatic nitrogens is 3. The molecule has 0 unspecified atom stereocenters. The molecule has 3 aromatic heterocycles. The van der Waals surface area contributed by atoms with E-state index in [1.165, 1.54) is 21.9 Å². The van der Waals surface area contributed by atoms with Gasteiger partial charge in [-0.3, -0.25) is 4.79 Å². The van der Waals surface area contributed by atoms with Crippen LogP contribution in [0, 0.1) is 6.92 Å². The van der Waals surface area contributed by atoms with Crippen molar-refractivity contribution in [2.45, 2.75) is 13.5 Å². The maximum Gasteiger partial charge on any atom is 0.338 e. The summed E-state index contributed by atoms with van der Waals surface area (Å²) in [6, 6.07) is 12.3. The minimum Gasteiger partial charge on any atom is -0.456 e. The average molecular weight is 383 g/mol. The van der Waals surface area contributed by atoms with Gasteiger partial charge in [-0.1, -0.05) is 35.1 Å². The second kappa shape index (κ2) is 6.81. The lowest BCUT2D eigenvalue weighted by molar-refractivity contribution is 0.0468. The minimum absolute atomic E-state index is 0.0648. The molecule has 0 amide bonds. The van der Waals surface area contributed by atoms with Gasteiger partial charge in [0.05, 0.1) is 16.1 Å². The molecule has 0 atom stereocenters. The topological polar surface area (TPSA) is 73.6 Å². The highest BCUT2D eigenvalue weighted by molar-refractivity contribution is 7.23. The van der Waals surface area contributed by atoms with Crippen LogP contribution in [0.15, 0.2) is 52.6 Å². The van der Waals surface area contributed by atoms with Crippen molar-refractivity contribution in [3.05, 3.63) is 75.0 Å². The molecular formula is C18H13N3O3S2. The fraction of sp³-hybridized carbons (Fsp3) is 0.111. The molecule has 0 bridgehead atoms. The number of thiophene rings is 1. The number of aryl methyl sites for hydroxylation is 1. The first-order chi connectivity index (χ1) is 12.6. The summed E-state index contributed by atoms with van der Waals surface area (Å²) in [5.74, 6) is -0.449. The third-order valence-electron chi connectivity index (χ3n) is 3.67. The van der Waals surface area contributed by atoms with E-state index in [1.807, 2.05) is 36.6 Å². The van der Waals surface area contributed by atoms with Gasteiger partial charge in [-0.25, -0.2) is 9.78 Å². The molecule has 26 heavy (non-hydrogen) atoms. The molecule has 8 heteroatoms. The molecule has 3 heterocycles. The van der Waals surface area contributed by atoms with Crippen molar-refractivity contribution in [2.24, 2.45) is 0 Å². The SMILES string of the molecule is Cc1ccc(C(=O)OCc2cc(=O)n3nc(-c4cccs4)sc3n2)cc1. The summed E-state index contributed by atoms with van der Waals surface area (Å²) in [6.07, 6.45) is 0. The van der Waals surface area contributed by atoms with Gasteiger partial charge in [0.25, 0.3) is 5.56 Å². The molecule has 0 spiro atoms. The van der Waals surface area contributed by atoms with Crippen LogP contribution < -0.4 is 5.56 Å². The number of carbonyl (C=O) groups excluding carboxylic acids is 1. The van der Waals surface area contributed by atoms with Crippen molar-refractivity contribution in [2.75, 3.05) is 0 Å². The van der Waals surface area contributed by atoms with Gasteiger partial charge < -0.3 is 4.74 Å². The summed E-state index contributed by atoms with van der Waals surface area (Å²) < 4.78 is 6.54. The number of esters is 1. The molecule has 4 rings (SSSR count). The zero-order chi connectivity index (χ0) is 18.1. The lowest BCUT2D eigenvalue weighted by Crippen LogP contribution is -2.16. The van der Waals surface area contributed by atoms with E-state index in [-0.39, 0.29) is 12.2 Å². The highest BCUT2D eigenvalue weighted by Gasteiger charge is 2.13. The maximum absolute atomic E-state index is 12.3. The number of carbonyl (C=O) groups is 1. The molecular weight excluding hydrogens is 370 g/mol. The molecule has 0 radical (unpaired) electrons. The van der Waals surface area contributed by atoms with Crippen LogP contribution in [-0.2, 0) is 11.3 Å². The van der Waals surface area contributed by atoms with E-state index in [1.54, 1.807) is 23.5 Å². The van der Waals surface area contributed by atoms with E-state index in [4.69, 9.17) is 4.74 Å². The number of benzene rings is 1. The molecule has 1 aromatic carbocycles. The van der Waals surface area contributed by atoms with Crippen molar-refractivity contribution in [3.63, 3.8) is 0 Å². The van der Waals surface area contributed by atoms with E-state index in [0.29, 0.717) is 16.2 Å². The third kappa shape index (κ3) is 3.29. The Morgan fingerprint density at radius 2 is 2.04 bits per heavy atom. The van der Waals surface area contributed by atoms with Crippen LogP contribution in [0.2, 0.25) is 0 Å². The minimum atomic E-state index is -0.449. The van der Waals surface area contributed by atoms with Crippen LogP contribution in [0.5, 0.6) is 0 Å². The fourth-order valence-electron chi connectivity index (χ4n) is 2.34. The Balaban J connectivity index is 1.56. The summed E-state index contributed by atoms with van der Waals surface area (Å²) in [5, 5.41) is 7.00. The van der Waals surface area contributed by atoms with Crippen molar-refractivity contribution < 1.29 is 9.53 Å². The van der Waals surface area contributed by atoms with Crippen molar-refractivity contribution in [1.29, 1.82) is 0 Å². The predicted molar refractivity (Wildman–Crippen MR) is 101 cm³/mol. The normalized spacial score (nSPS) is 11.0. The largest absolute Gasteiger partial charge is 0.456 e. The van der Waals surface area contributed by atoms with E-state index < -0.39 is 5.97 Å². The first kappa shape index (κ1) is 16.6. The summed E-state index contributed by atoms with van der Waals surface area (Å²) in [6.45, 7) is 1.88. The van der Waals surface area contributed by atoms with E-state index >= 15 is 0 Å². The van der Waals surface area contributed by atoms with Crippen molar-refractivity contribution in [3.8, 4) is 9.88 Å². The number of rotatable bonds is 4. The Hall–Kier alpha value is -2.84. The monoisotopic (exact) mass is 383 g/mol. The molecule has 0 aliphatic carbocycles. The third-order valence-corrected chi connectivity index (χ3v) is 5.62. The Kier molecular flexibility index (Phi) is 4.36. The smallest absolute Gasteiger partial charge is 0.338 e. The molecule has 6 nitrogen and oxygen atoms in total. The number of ether oxygens (including phenoxy) is 1. The molecule has 0 N–H and O–H groups in total. The zero-order valence-corrected chi connectivity index (χ0v) is 15.3. The van der Waals surface area contributed by atoms with E-state index in [0.717, 1.165) is 15.4 Å². The predicted octanol–water partition coefficient (Wildman–Crippen LogP) is 3.54. The number of nitrogens with zero attached hydrogens (tertiary/aromatic N) is 3. The molecule has 0 saturated heterocycles. The standard InChI is InChI=1S/C18H13N3O3S2/c1-11-4-6-12(7-5-11)17(23)24-10-13-9-15(22)21-18(19-13)26-16(20-21)14-3-2-8-25-14/h2-9H,10H2,1H3. The zero-order valence-electron chi connectivity index (χ0n) is 13.7. The van der Waals surface area contributed by atoms with Gasteiger partial charge in [0, 0.05) is 6.07 Å². The van der Waals surface area contributed by atoms with Crippen LogP contribution in [0.4, 0.5) is 0 Å². The number of hydrogen-bond donors (Lipinski definition) is 0. The number of hydrogen-bond acceptors (Lipinski definition) is 7. The fourth-order valence-corrected chi connectivity index (χ4v) is 4.06. The molecule has 0 fully saturated rings. The highest BCUT2D eigenvalue weighted by atomic mass is 32.1. The second-order valence-corrected chi connectivity index (χ2v) is 7.51. The quantitative estimate of drug-likeness (QED) is 0.504. The molecule has 130 valence electrons. The van der Waals surface area contributed by atoms with Crippen molar-refractivity contribution in [1.82, 2.24) is 14.6 Å². The first-order valence-electron chi connectivity index (χ1n) is 7.77. The summed E-state index contributed by atoms with van der Waals surface area (Å²) >= 11 is 2.88. The van der Waals surface area contributed by atoms with Crippen LogP contribution in [0.1, 0.15) is 21.6 Å². The van der Waals surface area contributed by atoms with Crippen molar-refractivity contribution >= 4 is 33.6 Å². The summed E-state index contributed by atoms with van der Waals surface area (Å²) in [7, 11) is 0. The average Bonchev–Trinajstić information content (AvgIpc) is 3.29. The van der Waals surface area contributed by atoms with Gasteiger partial charge in [0.1, 0.15) is 6.61 Å². The van der Waals surface area contributed by atoms with E-state index in [2.05, 4.69) is 10.1 Å². The van der Waals surface area contributed by atoms with Crippen LogP contribution >= 0.6 is 22.7 Å². The Morgan fingerprint density at radius 1 is 1.23 bits per heavy atom. The maximum atomic E-state index is 12.3. The van der Waals surface area contributed by atoms with Gasteiger partial charge in [-0.05, 0) is 30.5 Å². The summed E-state index contributed by atoms with van der Waals surface area (Å²) in [4.78, 5) is 30.2. The van der Waals surface area contributed by atoms with Gasteiger partial charge in [0.2, 0.25) is 4.96 Å². The van der Waals surface area contributed by atoms with Gasteiger partial charge in [-0.15, -0.1) is 11.3 Å². The van der Waals surface area contributed by atoms with Gasteiger partial charge in [0.15, 0.2) is 5.01 Å². The summed E-state index contributed by atoms with van der Waals surface area (Å²) in [5.41, 5.74) is 1.63. The van der Waals surface area contributed by atoms with E-state index in [9.17, 15) is 9.59 Å². The lowest BCUT2D eigenvalue weighted by Gasteiger charge is -2.04. The van der Waals surface area contributed by atoms with Gasteiger partial charge in [-0.2, -0.15) is 9.61 Å². The molecule has 0 aliphatic heterocycles. The highest BCUT2D eigenvalue weighted by Crippen LogP contribution is 2.28. The number of fused-ring (bicyclic) bond motifs is 1. The van der Waals surface area contributed by atoms with Crippen LogP contribution in [-0.4, -0.2) is 20.6 Å². The Bertz CT molecular complexity index is 1130. The first-order valence-corrected chi connectivity index (χ1v) is 9.47. The molecule has 0 saturated carbocycles. The lowest BCUT2D eigenvalue weighted by atomic mass is 10.1. The van der Waals surface area contributed by atoms with Crippen LogP contribution in [0.3, 0.4) is 0 Å². The van der Waals surface area contributed by atoms with Crippen LogP contribution in [0.25, 0.3) is 14.8 Å². The second-order valence-electron chi connectivity index (χ2n) is 5.61. The Labute approximate surface area is 156 Å². The molecule has 0 aliphatic rings.